The second-order valence-corrected chi connectivity index (χ2v) is 6.35. The topological polar surface area (TPSA) is 51.7 Å². The van der Waals surface area contributed by atoms with Gasteiger partial charge in [-0.15, -0.1) is 0 Å². The Labute approximate surface area is 152 Å². The first-order chi connectivity index (χ1) is 12.6. The number of amides is 1. The van der Waals surface area contributed by atoms with Gasteiger partial charge in [-0.3, -0.25) is 9.78 Å². The van der Waals surface area contributed by atoms with Crippen LogP contribution in [0.5, 0.6) is 5.75 Å². The van der Waals surface area contributed by atoms with Gasteiger partial charge in [0.1, 0.15) is 18.2 Å². The number of ether oxygens (including phenoxy) is 2. The van der Waals surface area contributed by atoms with Crippen molar-refractivity contribution in [3.63, 3.8) is 0 Å². The van der Waals surface area contributed by atoms with Gasteiger partial charge in [0.05, 0.1) is 18.3 Å². The largest absolute Gasteiger partial charge is 0.491 e. The molecule has 5 nitrogen and oxygen atoms in total. The fourth-order valence-electron chi connectivity index (χ4n) is 2.91. The maximum atomic E-state index is 12.8. The minimum atomic E-state index is -0.281. The summed E-state index contributed by atoms with van der Waals surface area (Å²) in [5.41, 5.74) is 1.53. The van der Waals surface area contributed by atoms with E-state index in [1.165, 1.54) is 12.1 Å². The smallest absolute Gasteiger partial charge is 0.255 e. The average Bonchev–Trinajstić information content (AvgIpc) is 2.67. The van der Waals surface area contributed by atoms with E-state index in [0.29, 0.717) is 37.6 Å². The quantitative estimate of drug-likeness (QED) is 0.744. The lowest BCUT2D eigenvalue weighted by Crippen LogP contribution is -2.41. The minimum Gasteiger partial charge on any atom is -0.491 e. The number of hydrogen-bond acceptors (Lipinski definition) is 4. The molecule has 1 aromatic heterocycles. The Bertz CT molecular complexity index is 711. The minimum absolute atomic E-state index is 0.0237. The van der Waals surface area contributed by atoms with E-state index < -0.39 is 0 Å². The standard InChI is InChI=1S/C20H23FN2O3/c1-15-2-3-16(14-22-15)20(24)23-10-8-19(9-11-23)26-13-12-25-18-6-4-17(21)5-7-18/h2-7,14,19H,8-13H2,1H3. The molecule has 1 aromatic carbocycles. The molecular weight excluding hydrogens is 335 g/mol. The maximum Gasteiger partial charge on any atom is 0.255 e. The third-order valence-corrected chi connectivity index (χ3v) is 4.41. The second kappa shape index (κ2) is 8.76. The molecule has 0 radical (unpaired) electrons. The normalized spacial score (nSPS) is 15.1. The van der Waals surface area contributed by atoms with Gasteiger partial charge in [-0.2, -0.15) is 0 Å². The van der Waals surface area contributed by atoms with E-state index in [2.05, 4.69) is 4.98 Å². The zero-order valence-corrected chi connectivity index (χ0v) is 14.9. The van der Waals surface area contributed by atoms with Crippen molar-refractivity contribution in [3.05, 3.63) is 59.7 Å². The summed E-state index contributed by atoms with van der Waals surface area (Å²) in [6.07, 6.45) is 3.38. The molecule has 0 unspecified atom stereocenters. The fraction of sp³-hybridized carbons (Fsp3) is 0.400. The van der Waals surface area contributed by atoms with Gasteiger partial charge in [0.2, 0.25) is 0 Å². The number of halogens is 1. The number of piperidine rings is 1. The van der Waals surface area contributed by atoms with Crippen LogP contribution in [0, 0.1) is 12.7 Å². The van der Waals surface area contributed by atoms with Crippen LogP contribution in [-0.4, -0.2) is 48.2 Å². The Morgan fingerprint density at radius 3 is 2.54 bits per heavy atom. The number of pyridine rings is 1. The van der Waals surface area contributed by atoms with Crippen LogP contribution in [0.3, 0.4) is 0 Å². The van der Waals surface area contributed by atoms with Crippen LogP contribution in [-0.2, 0) is 4.74 Å². The summed E-state index contributed by atoms with van der Waals surface area (Å²) in [6, 6.07) is 9.60. The van der Waals surface area contributed by atoms with E-state index in [0.717, 1.165) is 18.5 Å². The lowest BCUT2D eigenvalue weighted by Gasteiger charge is -2.32. The average molecular weight is 358 g/mol. The molecule has 0 bridgehead atoms. The van der Waals surface area contributed by atoms with Crippen LogP contribution < -0.4 is 4.74 Å². The van der Waals surface area contributed by atoms with Gasteiger partial charge in [-0.05, 0) is 56.2 Å². The van der Waals surface area contributed by atoms with Crippen molar-refractivity contribution in [1.29, 1.82) is 0 Å². The maximum absolute atomic E-state index is 12.8. The van der Waals surface area contributed by atoms with Crippen LogP contribution in [0.2, 0.25) is 0 Å². The van der Waals surface area contributed by atoms with E-state index in [9.17, 15) is 9.18 Å². The number of carbonyl (C=O) groups excluding carboxylic acids is 1. The molecule has 26 heavy (non-hydrogen) atoms. The zero-order valence-electron chi connectivity index (χ0n) is 14.9. The van der Waals surface area contributed by atoms with Gasteiger partial charge in [-0.1, -0.05) is 0 Å². The van der Waals surface area contributed by atoms with Crippen molar-refractivity contribution in [2.45, 2.75) is 25.9 Å². The van der Waals surface area contributed by atoms with E-state index in [4.69, 9.17) is 9.47 Å². The molecule has 1 aliphatic rings. The Kier molecular flexibility index (Phi) is 6.17. The molecule has 3 rings (SSSR count). The van der Waals surface area contributed by atoms with Crippen LogP contribution in [0.15, 0.2) is 42.6 Å². The number of carbonyl (C=O) groups is 1. The first-order valence-electron chi connectivity index (χ1n) is 8.84. The molecule has 1 saturated heterocycles. The molecule has 1 fully saturated rings. The highest BCUT2D eigenvalue weighted by atomic mass is 19.1. The third kappa shape index (κ3) is 5.02. The van der Waals surface area contributed by atoms with Gasteiger partial charge in [0.15, 0.2) is 0 Å². The van der Waals surface area contributed by atoms with Crippen LogP contribution in [0.1, 0.15) is 28.9 Å². The van der Waals surface area contributed by atoms with Crippen molar-refractivity contribution in [2.75, 3.05) is 26.3 Å². The summed E-state index contributed by atoms with van der Waals surface area (Å²) >= 11 is 0. The van der Waals surface area contributed by atoms with E-state index in [-0.39, 0.29) is 17.8 Å². The summed E-state index contributed by atoms with van der Waals surface area (Å²) < 4.78 is 24.2. The molecule has 0 aliphatic carbocycles. The number of likely N-dealkylation sites (tertiary alicyclic amines) is 1. The van der Waals surface area contributed by atoms with Crippen molar-refractivity contribution in [2.24, 2.45) is 0 Å². The molecule has 2 heterocycles. The van der Waals surface area contributed by atoms with Gasteiger partial charge in [0.25, 0.3) is 5.91 Å². The Balaban J connectivity index is 1.36. The first kappa shape index (κ1) is 18.3. The highest BCUT2D eigenvalue weighted by Gasteiger charge is 2.24. The fourth-order valence-corrected chi connectivity index (χ4v) is 2.91. The zero-order chi connectivity index (χ0) is 18.4. The molecule has 0 atom stereocenters. The predicted octanol–water partition coefficient (Wildman–Crippen LogP) is 3.23. The summed E-state index contributed by atoms with van der Waals surface area (Å²) in [7, 11) is 0. The van der Waals surface area contributed by atoms with E-state index >= 15 is 0 Å². The summed E-state index contributed by atoms with van der Waals surface area (Å²) in [5.74, 6) is 0.369. The SMILES string of the molecule is Cc1ccc(C(=O)N2CCC(OCCOc3ccc(F)cc3)CC2)cn1. The number of benzene rings is 1. The van der Waals surface area contributed by atoms with Crippen LogP contribution in [0.25, 0.3) is 0 Å². The third-order valence-electron chi connectivity index (χ3n) is 4.41. The van der Waals surface area contributed by atoms with Crippen LogP contribution in [0.4, 0.5) is 4.39 Å². The summed E-state index contributed by atoms with van der Waals surface area (Å²) in [5, 5.41) is 0. The molecule has 2 aromatic rings. The number of nitrogens with zero attached hydrogens (tertiary/aromatic N) is 2. The lowest BCUT2D eigenvalue weighted by molar-refractivity contribution is -0.00239. The highest BCUT2D eigenvalue weighted by molar-refractivity contribution is 5.93. The molecule has 0 saturated carbocycles. The highest BCUT2D eigenvalue weighted by Crippen LogP contribution is 2.17. The predicted molar refractivity (Wildman–Crippen MR) is 95.7 cm³/mol. The summed E-state index contributed by atoms with van der Waals surface area (Å²) in [6.45, 7) is 4.14. The van der Waals surface area contributed by atoms with Crippen molar-refractivity contribution < 1.29 is 18.7 Å². The molecule has 1 aliphatic heterocycles. The monoisotopic (exact) mass is 358 g/mol. The number of rotatable bonds is 6. The Morgan fingerprint density at radius 2 is 1.88 bits per heavy atom. The Hall–Kier alpha value is -2.47. The molecule has 1 amide bonds. The van der Waals surface area contributed by atoms with Crippen molar-refractivity contribution in [3.8, 4) is 5.75 Å². The van der Waals surface area contributed by atoms with Gasteiger partial charge >= 0.3 is 0 Å². The molecule has 138 valence electrons. The Morgan fingerprint density at radius 1 is 1.15 bits per heavy atom. The number of aryl methyl sites for hydroxylation is 1. The summed E-state index contributed by atoms with van der Waals surface area (Å²) in [4.78, 5) is 18.5. The molecule has 0 N–H and O–H groups in total. The molecule has 6 heteroatoms. The lowest BCUT2D eigenvalue weighted by atomic mass is 10.1. The van der Waals surface area contributed by atoms with Crippen LogP contribution >= 0.6 is 0 Å². The number of aromatic nitrogens is 1. The van der Waals surface area contributed by atoms with Crippen molar-refractivity contribution >= 4 is 5.91 Å². The first-order valence-corrected chi connectivity index (χ1v) is 8.84. The molecule has 0 spiro atoms. The van der Waals surface area contributed by atoms with Gasteiger partial charge in [0, 0.05) is 25.0 Å². The van der Waals surface area contributed by atoms with E-state index in [1.54, 1.807) is 18.3 Å². The van der Waals surface area contributed by atoms with Gasteiger partial charge < -0.3 is 14.4 Å². The number of hydrogen-bond donors (Lipinski definition) is 0. The van der Waals surface area contributed by atoms with Gasteiger partial charge in [-0.25, -0.2) is 4.39 Å². The van der Waals surface area contributed by atoms with E-state index in [1.807, 2.05) is 24.0 Å². The van der Waals surface area contributed by atoms with Crippen molar-refractivity contribution in [1.82, 2.24) is 9.88 Å². The molecular formula is C20H23FN2O3. The second-order valence-electron chi connectivity index (χ2n) is 6.35.